The van der Waals surface area contributed by atoms with Crippen molar-refractivity contribution in [2.24, 2.45) is 0 Å². The number of rotatable bonds is 6. The topological polar surface area (TPSA) is 13.1 Å². The van der Waals surface area contributed by atoms with Gasteiger partial charge in [-0.2, -0.15) is 0 Å². The van der Waals surface area contributed by atoms with E-state index in [0.29, 0.717) is 0 Å². The average molecular weight is 775 g/mol. The maximum absolute atomic E-state index is 6.23. The van der Waals surface area contributed by atoms with Crippen LogP contribution in [0.25, 0.3) is 103 Å². The fraction of sp³-hybridized carbons (Fsp3) is 0.0877. The number of thiophene rings is 1. The molecule has 2 heteroatoms. The highest BCUT2D eigenvalue weighted by Crippen LogP contribution is 2.47. The lowest BCUT2D eigenvalue weighted by atomic mass is 9.80. The first-order valence-electron chi connectivity index (χ1n) is 20.5. The fourth-order valence-corrected chi connectivity index (χ4v) is 10.9. The van der Waals surface area contributed by atoms with Crippen LogP contribution in [-0.2, 0) is 5.41 Å². The first kappa shape index (κ1) is 35.4. The average Bonchev–Trinajstić information content (AvgIpc) is 3.91. The molecule has 0 spiro atoms. The van der Waals surface area contributed by atoms with E-state index in [1.165, 1.54) is 108 Å². The zero-order valence-corrected chi connectivity index (χ0v) is 34.5. The predicted molar refractivity (Wildman–Crippen MR) is 259 cm³/mol. The minimum absolute atomic E-state index is 0.175. The van der Waals surface area contributed by atoms with Gasteiger partial charge in [-0.25, -0.2) is 0 Å². The highest BCUT2D eigenvalue weighted by molar-refractivity contribution is 7.26. The Morgan fingerprint density at radius 1 is 0.627 bits per heavy atom. The van der Waals surface area contributed by atoms with E-state index in [0.717, 1.165) is 16.7 Å². The molecule has 0 radical (unpaired) electrons. The molecular weight excluding hydrogens is 733 g/mol. The van der Waals surface area contributed by atoms with Gasteiger partial charge in [0.2, 0.25) is 0 Å². The van der Waals surface area contributed by atoms with E-state index in [1.54, 1.807) is 0 Å². The number of allylic oxidation sites excluding steroid dienone is 8. The molecule has 0 saturated carbocycles. The van der Waals surface area contributed by atoms with Crippen LogP contribution in [0.5, 0.6) is 0 Å². The van der Waals surface area contributed by atoms with Gasteiger partial charge in [-0.15, -0.1) is 11.3 Å². The summed E-state index contributed by atoms with van der Waals surface area (Å²) in [6.45, 7) is 13.7. The van der Waals surface area contributed by atoms with Crippen LogP contribution in [0.1, 0.15) is 49.9 Å². The van der Waals surface area contributed by atoms with Gasteiger partial charge in [0.1, 0.15) is 11.2 Å². The molecule has 2 heterocycles. The monoisotopic (exact) mass is 774 g/mol. The van der Waals surface area contributed by atoms with Crippen molar-refractivity contribution < 1.29 is 4.42 Å². The third kappa shape index (κ3) is 5.44. The minimum Gasteiger partial charge on any atom is -0.456 e. The van der Waals surface area contributed by atoms with Crippen LogP contribution in [0, 0.1) is 0 Å². The highest BCUT2D eigenvalue weighted by Gasteiger charge is 2.32. The van der Waals surface area contributed by atoms with Gasteiger partial charge in [-0.05, 0) is 127 Å². The Hall–Kier alpha value is -6.74. The molecular formula is C57H42OS. The first-order valence-corrected chi connectivity index (χ1v) is 21.3. The number of hydrogen-bond donors (Lipinski definition) is 0. The van der Waals surface area contributed by atoms with Crippen molar-refractivity contribution in [2.45, 2.75) is 33.1 Å². The summed E-state index contributed by atoms with van der Waals surface area (Å²) in [5, 5.41) is 12.5. The van der Waals surface area contributed by atoms with Gasteiger partial charge in [0.25, 0.3) is 0 Å². The molecule has 0 fully saturated rings. The molecule has 11 rings (SSSR count). The maximum Gasteiger partial charge on any atom is 0.136 e. The first-order chi connectivity index (χ1) is 28.8. The Bertz CT molecular complexity index is 3500. The number of hydrogen-bond acceptors (Lipinski definition) is 2. The Morgan fingerprint density at radius 2 is 1.25 bits per heavy atom. The van der Waals surface area contributed by atoms with Crippen LogP contribution in [0.4, 0.5) is 0 Å². The zero-order chi connectivity index (χ0) is 40.0. The number of para-hydroxylation sites is 1. The van der Waals surface area contributed by atoms with Crippen molar-refractivity contribution in [2.75, 3.05) is 0 Å². The lowest BCUT2D eigenvalue weighted by Crippen LogP contribution is -2.16. The zero-order valence-electron chi connectivity index (χ0n) is 33.7. The van der Waals surface area contributed by atoms with Crippen molar-refractivity contribution >= 4 is 103 Å². The van der Waals surface area contributed by atoms with Crippen LogP contribution in [0.2, 0.25) is 0 Å². The predicted octanol–water partition coefficient (Wildman–Crippen LogP) is 17.0. The maximum atomic E-state index is 6.23. The molecule has 0 atom stereocenters. The number of fused-ring (bicyclic) bond motifs is 12. The molecule has 2 aromatic heterocycles. The summed E-state index contributed by atoms with van der Waals surface area (Å²) in [4.78, 5) is 0. The van der Waals surface area contributed by atoms with E-state index in [1.807, 2.05) is 17.4 Å². The van der Waals surface area contributed by atoms with E-state index in [2.05, 4.69) is 192 Å². The normalized spacial score (nSPS) is 14.4. The van der Waals surface area contributed by atoms with Gasteiger partial charge in [0.05, 0.1) is 0 Å². The smallest absolute Gasteiger partial charge is 0.136 e. The van der Waals surface area contributed by atoms with Crippen LogP contribution < -0.4 is 0 Å². The molecule has 0 saturated heterocycles. The van der Waals surface area contributed by atoms with Crippen molar-refractivity contribution in [3.8, 4) is 11.1 Å². The minimum atomic E-state index is -0.175. The second-order valence-corrected chi connectivity index (χ2v) is 17.5. The SMILES string of the molecule is C=C(/C=C\C1=Cc2ccc(-c3ccc4sc5c(ccc6c5ccc5oc7ccccc7c56)c4c3)cc2C1(C)C)c1c2ccccc2c(/C(C)=C/C=C\C)c2ccccc12. The third-order valence-electron chi connectivity index (χ3n) is 12.7. The van der Waals surface area contributed by atoms with E-state index >= 15 is 0 Å². The largest absolute Gasteiger partial charge is 0.456 e. The van der Waals surface area contributed by atoms with E-state index in [9.17, 15) is 0 Å². The molecule has 0 amide bonds. The van der Waals surface area contributed by atoms with Gasteiger partial charge in [-0.1, -0.05) is 154 Å². The van der Waals surface area contributed by atoms with Gasteiger partial charge in [0.15, 0.2) is 0 Å². The second kappa shape index (κ2) is 13.4. The fourth-order valence-electron chi connectivity index (χ4n) is 9.70. The number of benzene rings is 8. The van der Waals surface area contributed by atoms with E-state index in [4.69, 9.17) is 11.0 Å². The van der Waals surface area contributed by atoms with Gasteiger partial charge in [-0.3, -0.25) is 0 Å². The molecule has 10 aromatic rings. The van der Waals surface area contributed by atoms with Crippen LogP contribution >= 0.6 is 11.3 Å². The molecule has 0 bridgehead atoms. The summed E-state index contributed by atoms with van der Waals surface area (Å²) in [6, 6.07) is 48.9. The van der Waals surface area contributed by atoms with Crippen LogP contribution in [0.3, 0.4) is 0 Å². The molecule has 0 N–H and O–H groups in total. The molecule has 282 valence electrons. The van der Waals surface area contributed by atoms with E-state index < -0.39 is 0 Å². The quantitative estimate of drug-likeness (QED) is 0.121. The molecule has 0 unspecified atom stereocenters. The van der Waals surface area contributed by atoms with Crippen LogP contribution in [0.15, 0.2) is 180 Å². The van der Waals surface area contributed by atoms with Gasteiger partial charge < -0.3 is 4.42 Å². The summed E-state index contributed by atoms with van der Waals surface area (Å²) in [5.41, 5.74) is 12.8. The molecule has 1 nitrogen and oxygen atoms in total. The lowest BCUT2D eigenvalue weighted by molar-refractivity contribution is 0.655. The van der Waals surface area contributed by atoms with E-state index in [-0.39, 0.29) is 5.41 Å². The Morgan fingerprint density at radius 3 is 2.00 bits per heavy atom. The molecule has 1 aliphatic carbocycles. The Labute approximate surface area is 348 Å². The summed E-state index contributed by atoms with van der Waals surface area (Å²) in [5.74, 6) is 0. The second-order valence-electron chi connectivity index (χ2n) is 16.5. The Kier molecular flexibility index (Phi) is 8.05. The Balaban J connectivity index is 0.938. The van der Waals surface area contributed by atoms with Crippen molar-refractivity contribution in [3.63, 3.8) is 0 Å². The van der Waals surface area contributed by atoms with Crippen molar-refractivity contribution in [1.82, 2.24) is 0 Å². The summed E-state index contributed by atoms with van der Waals surface area (Å²) >= 11 is 1.88. The third-order valence-corrected chi connectivity index (χ3v) is 13.9. The number of furan rings is 1. The molecule has 1 aliphatic rings. The van der Waals surface area contributed by atoms with Crippen molar-refractivity contribution in [1.29, 1.82) is 0 Å². The highest BCUT2D eigenvalue weighted by atomic mass is 32.1. The van der Waals surface area contributed by atoms with Crippen LogP contribution in [-0.4, -0.2) is 0 Å². The standard InChI is InChI=1S/C57H42OS/c1-6-7-14-34(2)53-40-15-8-10-17-42(40)54(43-18-11-9-16-41(43)53)35(3)21-25-39-31-38-23-22-37(33-49(38)57(39,4)5)36-24-30-52-48(32-36)46-27-26-44-45(56(46)59-52)28-29-51-55(44)47-19-12-13-20-50(47)58-51/h6-33H,3H2,1-2,4-5H3/b7-6-,25-21-,34-14+. The molecule has 8 aromatic carbocycles. The summed E-state index contributed by atoms with van der Waals surface area (Å²) < 4.78 is 8.86. The lowest BCUT2D eigenvalue weighted by Gasteiger charge is -2.24. The molecule has 0 aliphatic heterocycles. The summed E-state index contributed by atoms with van der Waals surface area (Å²) in [6.07, 6.45) is 13.3. The van der Waals surface area contributed by atoms with Gasteiger partial charge >= 0.3 is 0 Å². The van der Waals surface area contributed by atoms with Gasteiger partial charge in [0, 0.05) is 41.7 Å². The van der Waals surface area contributed by atoms with Crippen molar-refractivity contribution in [3.05, 3.63) is 198 Å². The molecule has 59 heavy (non-hydrogen) atoms. The summed E-state index contributed by atoms with van der Waals surface area (Å²) in [7, 11) is 0.